The molecular formula is C12H15BrFN3O. The molecule has 0 saturated carbocycles. The molecule has 2 rings (SSSR count). The molecule has 1 heterocycles. The van der Waals surface area contributed by atoms with E-state index in [0.29, 0.717) is 42.0 Å². The standard InChI is InChI=1S/C12H15BrFN3O/c1-8(18)16-2-4-17(5-3-16)12-10(13)6-9(15)7-11(12)14/h6-7H,2-5,15H2,1H3. The Bertz CT molecular complexity index is 449. The van der Waals surface area contributed by atoms with Gasteiger partial charge in [0.05, 0.1) is 5.69 Å². The van der Waals surface area contributed by atoms with E-state index in [1.807, 2.05) is 4.90 Å². The fraction of sp³-hybridized carbons (Fsp3) is 0.417. The summed E-state index contributed by atoms with van der Waals surface area (Å²) in [6.07, 6.45) is 0. The molecule has 4 nitrogen and oxygen atoms in total. The fourth-order valence-electron chi connectivity index (χ4n) is 2.13. The van der Waals surface area contributed by atoms with Crippen molar-refractivity contribution in [2.24, 2.45) is 0 Å². The quantitative estimate of drug-likeness (QED) is 0.804. The Morgan fingerprint density at radius 2 is 1.94 bits per heavy atom. The van der Waals surface area contributed by atoms with Crippen molar-refractivity contribution in [3.63, 3.8) is 0 Å². The van der Waals surface area contributed by atoms with E-state index >= 15 is 0 Å². The molecule has 18 heavy (non-hydrogen) atoms. The topological polar surface area (TPSA) is 49.6 Å². The first-order chi connectivity index (χ1) is 8.49. The summed E-state index contributed by atoms with van der Waals surface area (Å²) in [5, 5.41) is 0. The molecule has 98 valence electrons. The largest absolute Gasteiger partial charge is 0.399 e. The molecular weight excluding hydrogens is 301 g/mol. The number of nitrogen functional groups attached to an aromatic ring is 1. The summed E-state index contributed by atoms with van der Waals surface area (Å²) in [4.78, 5) is 14.9. The third-order valence-corrected chi connectivity index (χ3v) is 3.68. The Hall–Kier alpha value is -1.30. The summed E-state index contributed by atoms with van der Waals surface area (Å²) >= 11 is 3.34. The van der Waals surface area contributed by atoms with Crippen LogP contribution in [0.1, 0.15) is 6.92 Å². The molecule has 1 aliphatic heterocycles. The highest BCUT2D eigenvalue weighted by Gasteiger charge is 2.22. The molecule has 0 aliphatic carbocycles. The number of hydrogen-bond donors (Lipinski definition) is 1. The van der Waals surface area contributed by atoms with Crippen LogP contribution in [0.4, 0.5) is 15.8 Å². The molecule has 1 aliphatic rings. The van der Waals surface area contributed by atoms with Crippen molar-refractivity contribution in [2.45, 2.75) is 6.92 Å². The van der Waals surface area contributed by atoms with Crippen LogP contribution in [0.2, 0.25) is 0 Å². The maximum absolute atomic E-state index is 13.9. The molecule has 0 spiro atoms. The first kappa shape index (κ1) is 13.1. The number of rotatable bonds is 1. The highest BCUT2D eigenvalue weighted by molar-refractivity contribution is 9.10. The third kappa shape index (κ3) is 2.58. The average Bonchev–Trinajstić information content (AvgIpc) is 2.28. The van der Waals surface area contributed by atoms with Crippen LogP contribution in [0.15, 0.2) is 16.6 Å². The molecule has 0 aromatic heterocycles. The number of amides is 1. The van der Waals surface area contributed by atoms with Crippen LogP contribution in [-0.4, -0.2) is 37.0 Å². The second kappa shape index (κ2) is 5.14. The number of benzene rings is 1. The lowest BCUT2D eigenvalue weighted by Gasteiger charge is -2.36. The SMILES string of the molecule is CC(=O)N1CCN(c2c(F)cc(N)cc2Br)CC1. The molecule has 0 bridgehead atoms. The smallest absolute Gasteiger partial charge is 0.219 e. The zero-order chi connectivity index (χ0) is 13.3. The maximum atomic E-state index is 13.9. The molecule has 1 aromatic carbocycles. The lowest BCUT2D eigenvalue weighted by Crippen LogP contribution is -2.48. The van der Waals surface area contributed by atoms with Crippen molar-refractivity contribution < 1.29 is 9.18 Å². The second-order valence-corrected chi connectivity index (χ2v) is 5.18. The van der Waals surface area contributed by atoms with Crippen LogP contribution >= 0.6 is 15.9 Å². The van der Waals surface area contributed by atoms with Crippen molar-refractivity contribution in [1.82, 2.24) is 4.90 Å². The minimum absolute atomic E-state index is 0.0616. The third-order valence-electron chi connectivity index (χ3n) is 3.08. The van der Waals surface area contributed by atoms with E-state index in [1.165, 1.54) is 6.07 Å². The van der Waals surface area contributed by atoms with Crippen molar-refractivity contribution in [1.29, 1.82) is 0 Å². The van der Waals surface area contributed by atoms with E-state index in [4.69, 9.17) is 5.73 Å². The van der Waals surface area contributed by atoms with Crippen LogP contribution < -0.4 is 10.6 Å². The van der Waals surface area contributed by atoms with E-state index < -0.39 is 0 Å². The van der Waals surface area contributed by atoms with Gasteiger partial charge in [0, 0.05) is 43.3 Å². The highest BCUT2D eigenvalue weighted by Crippen LogP contribution is 2.32. The number of halogens is 2. The van der Waals surface area contributed by atoms with Crippen molar-refractivity contribution in [3.8, 4) is 0 Å². The van der Waals surface area contributed by atoms with E-state index in [-0.39, 0.29) is 11.7 Å². The molecule has 0 atom stereocenters. The summed E-state index contributed by atoms with van der Waals surface area (Å²) in [5.41, 5.74) is 6.49. The van der Waals surface area contributed by atoms with Crippen molar-refractivity contribution in [3.05, 3.63) is 22.4 Å². The van der Waals surface area contributed by atoms with Gasteiger partial charge < -0.3 is 15.5 Å². The van der Waals surface area contributed by atoms with Gasteiger partial charge in [0.1, 0.15) is 5.82 Å². The van der Waals surface area contributed by atoms with Crippen LogP contribution in [-0.2, 0) is 4.79 Å². The van der Waals surface area contributed by atoms with Crippen LogP contribution in [0.5, 0.6) is 0 Å². The van der Waals surface area contributed by atoms with Crippen LogP contribution in [0.3, 0.4) is 0 Å². The minimum atomic E-state index is -0.335. The Balaban J connectivity index is 2.17. The molecule has 2 N–H and O–H groups in total. The van der Waals surface area contributed by atoms with Gasteiger partial charge in [0.25, 0.3) is 0 Å². The van der Waals surface area contributed by atoms with Crippen molar-refractivity contribution in [2.75, 3.05) is 36.8 Å². The summed E-state index contributed by atoms with van der Waals surface area (Å²) in [6.45, 7) is 4.03. The molecule has 6 heteroatoms. The molecule has 1 amide bonds. The molecule has 0 unspecified atom stereocenters. The Morgan fingerprint density at radius 1 is 1.33 bits per heavy atom. The van der Waals surface area contributed by atoms with E-state index in [9.17, 15) is 9.18 Å². The first-order valence-electron chi connectivity index (χ1n) is 5.74. The summed E-state index contributed by atoms with van der Waals surface area (Å²) in [5.74, 6) is -0.273. The van der Waals surface area contributed by atoms with Gasteiger partial charge in [-0.2, -0.15) is 0 Å². The average molecular weight is 316 g/mol. The van der Waals surface area contributed by atoms with E-state index in [1.54, 1.807) is 17.9 Å². The van der Waals surface area contributed by atoms with E-state index in [0.717, 1.165) is 0 Å². The molecule has 1 aromatic rings. The predicted octanol–water partition coefficient (Wildman–Crippen LogP) is 1.84. The van der Waals surface area contributed by atoms with Gasteiger partial charge in [-0.05, 0) is 28.1 Å². The minimum Gasteiger partial charge on any atom is -0.399 e. The normalized spacial score (nSPS) is 15.9. The summed E-state index contributed by atoms with van der Waals surface area (Å²) in [6, 6.07) is 3.01. The van der Waals surface area contributed by atoms with Gasteiger partial charge in [-0.1, -0.05) is 0 Å². The van der Waals surface area contributed by atoms with Gasteiger partial charge >= 0.3 is 0 Å². The van der Waals surface area contributed by atoms with E-state index in [2.05, 4.69) is 15.9 Å². The highest BCUT2D eigenvalue weighted by atomic mass is 79.9. The number of anilines is 2. The van der Waals surface area contributed by atoms with Gasteiger partial charge in [0.15, 0.2) is 0 Å². The first-order valence-corrected chi connectivity index (χ1v) is 6.53. The number of carbonyl (C=O) groups is 1. The zero-order valence-corrected chi connectivity index (χ0v) is 11.7. The van der Waals surface area contributed by atoms with Gasteiger partial charge in [0.2, 0.25) is 5.91 Å². The summed E-state index contributed by atoms with van der Waals surface area (Å²) < 4.78 is 14.6. The fourth-order valence-corrected chi connectivity index (χ4v) is 2.84. The predicted molar refractivity (Wildman–Crippen MR) is 73.0 cm³/mol. The number of nitrogens with zero attached hydrogens (tertiary/aromatic N) is 2. The Morgan fingerprint density at radius 3 is 2.44 bits per heavy atom. The second-order valence-electron chi connectivity index (χ2n) is 4.33. The Kier molecular flexibility index (Phi) is 3.75. The molecule has 1 saturated heterocycles. The number of nitrogens with two attached hydrogens (primary N) is 1. The Labute approximate surface area is 114 Å². The van der Waals surface area contributed by atoms with Crippen molar-refractivity contribution >= 4 is 33.2 Å². The lowest BCUT2D eigenvalue weighted by molar-refractivity contribution is -0.129. The lowest BCUT2D eigenvalue weighted by atomic mass is 10.2. The van der Waals surface area contributed by atoms with Crippen LogP contribution in [0.25, 0.3) is 0 Å². The molecule has 0 radical (unpaired) electrons. The monoisotopic (exact) mass is 315 g/mol. The van der Waals surface area contributed by atoms with Gasteiger partial charge in [-0.15, -0.1) is 0 Å². The van der Waals surface area contributed by atoms with Crippen LogP contribution in [0, 0.1) is 5.82 Å². The number of carbonyl (C=O) groups excluding carboxylic acids is 1. The van der Waals surface area contributed by atoms with Gasteiger partial charge in [-0.3, -0.25) is 4.79 Å². The zero-order valence-electron chi connectivity index (χ0n) is 10.1. The summed E-state index contributed by atoms with van der Waals surface area (Å²) in [7, 11) is 0. The number of hydrogen-bond acceptors (Lipinski definition) is 3. The van der Waals surface area contributed by atoms with Gasteiger partial charge in [-0.25, -0.2) is 4.39 Å². The number of piperazine rings is 1. The maximum Gasteiger partial charge on any atom is 0.219 e. The molecule has 1 fully saturated rings.